The van der Waals surface area contributed by atoms with E-state index in [9.17, 15) is 0 Å². The van der Waals surface area contributed by atoms with Crippen LogP contribution in [0.5, 0.6) is 0 Å². The quantitative estimate of drug-likeness (QED) is 0.717. The average Bonchev–Trinajstić information content (AvgIpc) is 2.37. The second-order valence-corrected chi connectivity index (χ2v) is 2.45. The van der Waals surface area contributed by atoms with Gasteiger partial charge in [-0.2, -0.15) is 5.10 Å². The molecule has 2 nitrogen and oxygen atoms in total. The van der Waals surface area contributed by atoms with Crippen LogP contribution in [0.25, 0.3) is 6.08 Å². The molecule has 0 aliphatic rings. The fourth-order valence-electron chi connectivity index (χ4n) is 0.711. The molecule has 1 heterocycles. The maximum Gasteiger partial charge on any atom is 0.0562 e. The third kappa shape index (κ3) is 1.70. The first-order chi connectivity index (χ1) is 4.86. The van der Waals surface area contributed by atoms with Crippen molar-refractivity contribution < 1.29 is 0 Å². The molecule has 0 aliphatic carbocycles. The zero-order valence-corrected chi connectivity index (χ0v) is 7.37. The summed E-state index contributed by atoms with van der Waals surface area (Å²) in [5.41, 5.74) is 1.12. The molecule has 0 atom stereocenters. The zero-order chi connectivity index (χ0) is 7.40. The number of nitrogens with zero attached hydrogens (tertiary/aromatic N) is 2. The van der Waals surface area contributed by atoms with Crippen LogP contribution in [0.15, 0.2) is 17.4 Å². The molecule has 0 N–H and O–H groups in total. The Morgan fingerprint density at radius 1 is 1.80 bits per heavy atom. The van der Waals surface area contributed by atoms with Gasteiger partial charge in [-0.3, -0.25) is 4.68 Å². The smallest absolute Gasteiger partial charge is 0.0562 e. The first-order valence-corrected chi connectivity index (χ1v) is 4.07. The van der Waals surface area contributed by atoms with Gasteiger partial charge in [0, 0.05) is 18.3 Å². The lowest BCUT2D eigenvalue weighted by atomic mass is 10.4. The van der Waals surface area contributed by atoms with E-state index in [0.29, 0.717) is 0 Å². The van der Waals surface area contributed by atoms with E-state index in [4.69, 9.17) is 0 Å². The van der Waals surface area contributed by atoms with Gasteiger partial charge in [-0.05, 0) is 18.0 Å². The van der Waals surface area contributed by atoms with Gasteiger partial charge in [-0.25, -0.2) is 0 Å². The molecule has 0 fully saturated rings. The van der Waals surface area contributed by atoms with Crippen molar-refractivity contribution in [2.45, 2.75) is 13.5 Å². The molecule has 0 spiro atoms. The second-order valence-electron chi connectivity index (χ2n) is 1.92. The Balaban J connectivity index is 2.78. The SMILES string of the molecule is CCn1cc(/C=C/Br)cn1. The molecule has 3 heteroatoms. The fraction of sp³-hybridized carbons (Fsp3) is 0.286. The summed E-state index contributed by atoms with van der Waals surface area (Å²) >= 11 is 3.20. The summed E-state index contributed by atoms with van der Waals surface area (Å²) in [6.45, 7) is 2.99. The van der Waals surface area contributed by atoms with Crippen molar-refractivity contribution in [3.63, 3.8) is 0 Å². The summed E-state index contributed by atoms with van der Waals surface area (Å²) in [7, 11) is 0. The van der Waals surface area contributed by atoms with Gasteiger partial charge < -0.3 is 0 Å². The standard InChI is InChI=1S/C7H9BrN2/c1-2-10-6-7(3-4-8)5-9-10/h3-6H,2H2,1H3/b4-3+. The minimum absolute atomic E-state index is 0.927. The van der Waals surface area contributed by atoms with Gasteiger partial charge in [0.25, 0.3) is 0 Å². The second kappa shape index (κ2) is 3.56. The largest absolute Gasteiger partial charge is 0.272 e. The van der Waals surface area contributed by atoms with Crippen molar-refractivity contribution in [1.29, 1.82) is 0 Å². The molecule has 0 unspecified atom stereocenters. The maximum atomic E-state index is 4.10. The zero-order valence-electron chi connectivity index (χ0n) is 5.79. The summed E-state index contributed by atoms with van der Waals surface area (Å²) in [5.74, 6) is 0. The summed E-state index contributed by atoms with van der Waals surface area (Å²) < 4.78 is 1.89. The highest BCUT2D eigenvalue weighted by Gasteiger charge is 1.89. The third-order valence-corrected chi connectivity index (χ3v) is 1.50. The van der Waals surface area contributed by atoms with Crippen LogP contribution in [0.3, 0.4) is 0 Å². The lowest BCUT2D eigenvalue weighted by molar-refractivity contribution is 0.660. The summed E-state index contributed by atoms with van der Waals surface area (Å²) in [6.07, 6.45) is 5.79. The Hall–Kier alpha value is -0.570. The van der Waals surface area contributed by atoms with E-state index < -0.39 is 0 Å². The highest BCUT2D eigenvalue weighted by molar-refractivity contribution is 9.11. The highest BCUT2D eigenvalue weighted by atomic mass is 79.9. The van der Waals surface area contributed by atoms with Gasteiger partial charge >= 0.3 is 0 Å². The van der Waals surface area contributed by atoms with Gasteiger partial charge in [-0.1, -0.05) is 15.9 Å². The lowest BCUT2D eigenvalue weighted by Crippen LogP contribution is -1.91. The van der Waals surface area contributed by atoms with Crippen LogP contribution in [0, 0.1) is 0 Å². The van der Waals surface area contributed by atoms with E-state index in [0.717, 1.165) is 12.1 Å². The minimum Gasteiger partial charge on any atom is -0.272 e. The number of halogens is 1. The lowest BCUT2D eigenvalue weighted by Gasteiger charge is -1.88. The minimum atomic E-state index is 0.927. The van der Waals surface area contributed by atoms with E-state index >= 15 is 0 Å². The van der Waals surface area contributed by atoms with Gasteiger partial charge in [0.1, 0.15) is 0 Å². The Bertz CT molecular complexity index is 227. The van der Waals surface area contributed by atoms with Crippen molar-refractivity contribution in [1.82, 2.24) is 9.78 Å². The van der Waals surface area contributed by atoms with E-state index in [1.54, 1.807) is 0 Å². The van der Waals surface area contributed by atoms with Crippen LogP contribution in [-0.2, 0) is 6.54 Å². The normalized spacial score (nSPS) is 11.0. The van der Waals surface area contributed by atoms with Crippen LogP contribution in [0.4, 0.5) is 0 Å². The van der Waals surface area contributed by atoms with Gasteiger partial charge in [0.2, 0.25) is 0 Å². The van der Waals surface area contributed by atoms with Crippen molar-refractivity contribution in [2.24, 2.45) is 0 Å². The van der Waals surface area contributed by atoms with Gasteiger partial charge in [-0.15, -0.1) is 0 Å². The molecule has 0 bridgehead atoms. The molecular formula is C7H9BrN2. The molecule has 0 saturated carbocycles. The number of rotatable bonds is 2. The van der Waals surface area contributed by atoms with Crippen LogP contribution in [-0.4, -0.2) is 9.78 Å². The number of hydrogen-bond acceptors (Lipinski definition) is 1. The van der Waals surface area contributed by atoms with Crippen LogP contribution in [0.1, 0.15) is 12.5 Å². The molecule has 0 amide bonds. The monoisotopic (exact) mass is 200 g/mol. The van der Waals surface area contributed by atoms with Crippen LogP contribution >= 0.6 is 15.9 Å². The first-order valence-electron chi connectivity index (χ1n) is 3.16. The number of aryl methyl sites for hydroxylation is 1. The van der Waals surface area contributed by atoms with Gasteiger partial charge in [0.15, 0.2) is 0 Å². The number of aromatic nitrogens is 2. The fourth-order valence-corrected chi connectivity index (χ4v) is 1.02. The van der Waals surface area contributed by atoms with Crippen molar-refractivity contribution in [2.75, 3.05) is 0 Å². The Morgan fingerprint density at radius 2 is 2.60 bits per heavy atom. The molecule has 0 radical (unpaired) electrons. The van der Waals surface area contributed by atoms with E-state index in [1.165, 1.54) is 0 Å². The van der Waals surface area contributed by atoms with Crippen LogP contribution in [0.2, 0.25) is 0 Å². The van der Waals surface area contributed by atoms with Crippen molar-refractivity contribution >= 4 is 22.0 Å². The Kier molecular flexibility index (Phi) is 2.68. The average molecular weight is 201 g/mol. The summed E-state index contributed by atoms with van der Waals surface area (Å²) in [4.78, 5) is 1.82. The molecule has 1 aromatic heterocycles. The van der Waals surface area contributed by atoms with Gasteiger partial charge in [0.05, 0.1) is 6.20 Å². The summed E-state index contributed by atoms with van der Waals surface area (Å²) in [5, 5.41) is 4.10. The Morgan fingerprint density at radius 3 is 3.10 bits per heavy atom. The predicted molar refractivity (Wildman–Crippen MR) is 45.9 cm³/mol. The first kappa shape index (κ1) is 7.54. The molecule has 1 aromatic rings. The molecule has 0 aliphatic heterocycles. The Labute approximate surface area is 68.7 Å². The van der Waals surface area contributed by atoms with E-state index in [1.807, 2.05) is 28.1 Å². The highest BCUT2D eigenvalue weighted by Crippen LogP contribution is 2.01. The molecule has 0 saturated heterocycles. The topological polar surface area (TPSA) is 17.8 Å². The van der Waals surface area contributed by atoms with Crippen LogP contribution < -0.4 is 0 Å². The molecule has 1 rings (SSSR count). The third-order valence-electron chi connectivity index (χ3n) is 1.23. The van der Waals surface area contributed by atoms with E-state index in [2.05, 4.69) is 28.0 Å². The van der Waals surface area contributed by atoms with E-state index in [-0.39, 0.29) is 0 Å². The predicted octanol–water partition coefficient (Wildman–Crippen LogP) is 2.27. The van der Waals surface area contributed by atoms with Crippen molar-refractivity contribution in [3.05, 3.63) is 22.9 Å². The molecular weight excluding hydrogens is 192 g/mol. The molecule has 54 valence electrons. The molecule has 0 aromatic carbocycles. The molecule has 10 heavy (non-hydrogen) atoms. The van der Waals surface area contributed by atoms with Crippen molar-refractivity contribution in [3.8, 4) is 0 Å². The number of hydrogen-bond donors (Lipinski definition) is 0. The maximum absolute atomic E-state index is 4.10. The summed E-state index contributed by atoms with van der Waals surface area (Å²) in [6, 6.07) is 0.